The van der Waals surface area contributed by atoms with Crippen molar-refractivity contribution in [2.24, 2.45) is 0 Å². The molecule has 124 valence electrons. The first-order chi connectivity index (χ1) is 10.4. The molecule has 2 N–H and O–H groups in total. The smallest absolute Gasteiger partial charge is 0.241 e. The standard InChI is InChI=1S/C15H24FN3O2S/c1-12-10-14(16)11-13(2)15(12)22(20,21)18-4-3-7-19-8-5-17-6-9-19/h10-11,17-18H,3-9H2,1-2H3. The van der Waals surface area contributed by atoms with Crippen molar-refractivity contribution in [2.45, 2.75) is 25.2 Å². The molecule has 0 unspecified atom stereocenters. The second-order valence-electron chi connectivity index (χ2n) is 5.71. The summed E-state index contributed by atoms with van der Waals surface area (Å²) in [5.41, 5.74) is 0.874. The maximum Gasteiger partial charge on any atom is 0.241 e. The average Bonchev–Trinajstić information content (AvgIpc) is 2.43. The maximum absolute atomic E-state index is 13.3. The molecule has 1 saturated heterocycles. The summed E-state index contributed by atoms with van der Waals surface area (Å²) in [5, 5.41) is 3.28. The van der Waals surface area contributed by atoms with Gasteiger partial charge in [-0.2, -0.15) is 0 Å². The lowest BCUT2D eigenvalue weighted by Crippen LogP contribution is -2.44. The molecule has 7 heteroatoms. The molecular weight excluding hydrogens is 305 g/mol. The van der Waals surface area contributed by atoms with Crippen LogP contribution in [0.1, 0.15) is 17.5 Å². The van der Waals surface area contributed by atoms with E-state index in [2.05, 4.69) is 14.9 Å². The number of aryl methyl sites for hydroxylation is 2. The van der Waals surface area contributed by atoms with Gasteiger partial charge in [-0.25, -0.2) is 17.5 Å². The number of hydrogen-bond donors (Lipinski definition) is 2. The van der Waals surface area contributed by atoms with Gasteiger partial charge in [-0.15, -0.1) is 0 Å². The summed E-state index contributed by atoms with van der Waals surface area (Å²) in [6.07, 6.45) is 0.762. The Balaban J connectivity index is 1.91. The minimum atomic E-state index is -3.59. The topological polar surface area (TPSA) is 61.4 Å². The highest BCUT2D eigenvalue weighted by atomic mass is 32.2. The fourth-order valence-electron chi connectivity index (χ4n) is 2.84. The molecule has 0 atom stereocenters. The van der Waals surface area contributed by atoms with Crippen LogP contribution >= 0.6 is 0 Å². The molecule has 1 aliphatic rings. The predicted molar refractivity (Wildman–Crippen MR) is 85.0 cm³/mol. The molecule has 0 bridgehead atoms. The van der Waals surface area contributed by atoms with Crippen molar-refractivity contribution in [3.8, 4) is 0 Å². The zero-order valence-electron chi connectivity index (χ0n) is 13.2. The fraction of sp³-hybridized carbons (Fsp3) is 0.600. The minimum Gasteiger partial charge on any atom is -0.314 e. The van der Waals surface area contributed by atoms with Gasteiger partial charge in [0.1, 0.15) is 5.82 Å². The third-order valence-electron chi connectivity index (χ3n) is 3.85. The van der Waals surface area contributed by atoms with E-state index in [1.165, 1.54) is 12.1 Å². The Kier molecular flexibility index (Phi) is 5.91. The summed E-state index contributed by atoms with van der Waals surface area (Å²) < 4.78 is 40.7. The van der Waals surface area contributed by atoms with Crippen LogP contribution in [-0.2, 0) is 10.0 Å². The third kappa shape index (κ3) is 4.49. The Morgan fingerprint density at radius 2 is 1.82 bits per heavy atom. The number of hydrogen-bond acceptors (Lipinski definition) is 4. The van der Waals surface area contributed by atoms with Crippen LogP contribution in [0.25, 0.3) is 0 Å². The van der Waals surface area contributed by atoms with Crippen LogP contribution in [0.5, 0.6) is 0 Å². The van der Waals surface area contributed by atoms with Gasteiger partial charge in [0.05, 0.1) is 4.90 Å². The third-order valence-corrected chi connectivity index (χ3v) is 5.61. The van der Waals surface area contributed by atoms with Gasteiger partial charge in [0.15, 0.2) is 0 Å². The van der Waals surface area contributed by atoms with E-state index in [1.807, 2.05) is 0 Å². The van der Waals surface area contributed by atoms with Gasteiger partial charge in [-0.05, 0) is 50.1 Å². The van der Waals surface area contributed by atoms with Crippen LogP contribution in [0.15, 0.2) is 17.0 Å². The number of piperazine rings is 1. The number of nitrogens with one attached hydrogen (secondary N) is 2. The predicted octanol–water partition coefficient (Wildman–Crippen LogP) is 1.02. The van der Waals surface area contributed by atoms with Crippen molar-refractivity contribution in [2.75, 3.05) is 39.3 Å². The molecule has 1 fully saturated rings. The lowest BCUT2D eigenvalue weighted by atomic mass is 10.1. The Hall–Kier alpha value is -1.02. The Labute approximate surface area is 131 Å². The second-order valence-corrected chi connectivity index (χ2v) is 7.42. The molecular formula is C15H24FN3O2S. The first kappa shape index (κ1) is 17.3. The molecule has 1 aliphatic heterocycles. The van der Waals surface area contributed by atoms with Crippen LogP contribution in [0.3, 0.4) is 0 Å². The molecule has 0 aromatic heterocycles. The Bertz CT molecular complexity index is 590. The summed E-state index contributed by atoms with van der Waals surface area (Å²) in [6.45, 7) is 8.48. The van der Waals surface area contributed by atoms with Crippen molar-refractivity contribution in [3.63, 3.8) is 0 Å². The second kappa shape index (κ2) is 7.50. The van der Waals surface area contributed by atoms with E-state index < -0.39 is 15.8 Å². The van der Waals surface area contributed by atoms with Gasteiger partial charge in [0, 0.05) is 32.7 Å². The molecule has 0 aliphatic carbocycles. The highest BCUT2D eigenvalue weighted by Crippen LogP contribution is 2.21. The van der Waals surface area contributed by atoms with Gasteiger partial charge in [0.2, 0.25) is 10.0 Å². The van der Waals surface area contributed by atoms with Crippen molar-refractivity contribution < 1.29 is 12.8 Å². The van der Waals surface area contributed by atoms with Crippen LogP contribution in [0.2, 0.25) is 0 Å². The van der Waals surface area contributed by atoms with Gasteiger partial charge in [-0.3, -0.25) is 0 Å². The quantitative estimate of drug-likeness (QED) is 0.765. The van der Waals surface area contributed by atoms with Crippen molar-refractivity contribution in [1.82, 2.24) is 14.9 Å². The van der Waals surface area contributed by atoms with Crippen LogP contribution in [0.4, 0.5) is 4.39 Å². The molecule has 5 nitrogen and oxygen atoms in total. The minimum absolute atomic E-state index is 0.191. The number of nitrogens with zero attached hydrogens (tertiary/aromatic N) is 1. The molecule has 1 aromatic carbocycles. The number of halogens is 1. The highest BCUT2D eigenvalue weighted by Gasteiger charge is 2.20. The van der Waals surface area contributed by atoms with Gasteiger partial charge >= 0.3 is 0 Å². The number of sulfonamides is 1. The van der Waals surface area contributed by atoms with E-state index in [9.17, 15) is 12.8 Å². The van der Waals surface area contributed by atoms with Gasteiger partial charge in [0.25, 0.3) is 0 Å². The number of rotatable bonds is 6. The first-order valence-corrected chi connectivity index (χ1v) is 9.08. The summed E-state index contributed by atoms with van der Waals surface area (Å²) in [7, 11) is -3.59. The lowest BCUT2D eigenvalue weighted by Gasteiger charge is -2.27. The zero-order valence-corrected chi connectivity index (χ0v) is 14.0. The van der Waals surface area contributed by atoms with Crippen molar-refractivity contribution in [3.05, 3.63) is 29.1 Å². The lowest BCUT2D eigenvalue weighted by molar-refractivity contribution is 0.239. The summed E-state index contributed by atoms with van der Waals surface area (Å²) in [5.74, 6) is -0.410. The molecule has 0 radical (unpaired) electrons. The summed E-state index contributed by atoms with van der Waals surface area (Å²) in [6, 6.07) is 2.50. The maximum atomic E-state index is 13.3. The molecule has 1 heterocycles. The number of benzene rings is 1. The normalized spacial score (nSPS) is 16.9. The largest absolute Gasteiger partial charge is 0.314 e. The first-order valence-electron chi connectivity index (χ1n) is 7.59. The van der Waals surface area contributed by atoms with E-state index in [4.69, 9.17) is 0 Å². The molecule has 0 saturated carbocycles. The van der Waals surface area contributed by atoms with Crippen molar-refractivity contribution in [1.29, 1.82) is 0 Å². The molecule has 2 rings (SSSR count). The van der Waals surface area contributed by atoms with Crippen LogP contribution in [-0.4, -0.2) is 52.6 Å². The molecule has 1 aromatic rings. The van der Waals surface area contributed by atoms with Crippen LogP contribution in [0, 0.1) is 19.7 Å². The zero-order chi connectivity index (χ0) is 16.2. The monoisotopic (exact) mass is 329 g/mol. The van der Waals surface area contributed by atoms with Gasteiger partial charge < -0.3 is 10.2 Å². The van der Waals surface area contributed by atoms with Crippen molar-refractivity contribution >= 4 is 10.0 Å². The highest BCUT2D eigenvalue weighted by molar-refractivity contribution is 7.89. The fourth-order valence-corrected chi connectivity index (χ4v) is 4.36. The summed E-state index contributed by atoms with van der Waals surface area (Å²) >= 11 is 0. The SMILES string of the molecule is Cc1cc(F)cc(C)c1S(=O)(=O)NCCCN1CCNCC1. The van der Waals surface area contributed by atoms with Gasteiger partial charge in [-0.1, -0.05) is 0 Å². The Morgan fingerprint density at radius 1 is 1.23 bits per heavy atom. The van der Waals surface area contributed by atoms with E-state index in [-0.39, 0.29) is 4.90 Å². The molecule has 0 spiro atoms. The molecule has 22 heavy (non-hydrogen) atoms. The van der Waals surface area contributed by atoms with E-state index in [0.29, 0.717) is 17.7 Å². The van der Waals surface area contributed by atoms with E-state index in [1.54, 1.807) is 13.8 Å². The Morgan fingerprint density at radius 3 is 2.41 bits per heavy atom. The van der Waals surface area contributed by atoms with E-state index >= 15 is 0 Å². The molecule has 0 amide bonds. The summed E-state index contributed by atoms with van der Waals surface area (Å²) in [4.78, 5) is 2.51. The van der Waals surface area contributed by atoms with E-state index in [0.717, 1.165) is 39.1 Å². The van der Waals surface area contributed by atoms with Crippen LogP contribution < -0.4 is 10.0 Å². The average molecular weight is 329 g/mol.